The maximum Gasteiger partial charge on any atom is 0.326 e. The van der Waals surface area contributed by atoms with Crippen LogP contribution in [0.3, 0.4) is 0 Å². The van der Waals surface area contributed by atoms with Crippen LogP contribution < -0.4 is 21.7 Å². The van der Waals surface area contributed by atoms with Crippen LogP contribution in [0.25, 0.3) is 0 Å². The fourth-order valence-corrected chi connectivity index (χ4v) is 3.02. The number of aliphatic hydroxyl groups excluding tert-OH is 2. The van der Waals surface area contributed by atoms with E-state index in [9.17, 15) is 34.5 Å². The van der Waals surface area contributed by atoms with Crippen LogP contribution >= 0.6 is 0 Å². The SMILES string of the molecule is CCC(C)C(NC(=O)C(Cc1ccc(O)cc1)NC(=O)C(NC(=O)C(N)CO)C(C)O)C(=O)O. The van der Waals surface area contributed by atoms with Crippen LogP contribution in [0.1, 0.15) is 32.8 Å². The summed E-state index contributed by atoms with van der Waals surface area (Å²) in [6.45, 7) is 4.00. The van der Waals surface area contributed by atoms with E-state index >= 15 is 0 Å². The Bertz CT molecular complexity index is 846. The molecule has 0 saturated carbocycles. The molecule has 1 rings (SSSR count). The molecule has 0 bridgehead atoms. The van der Waals surface area contributed by atoms with Crippen molar-refractivity contribution in [1.29, 1.82) is 0 Å². The number of aliphatic carboxylic acids is 1. The van der Waals surface area contributed by atoms with Gasteiger partial charge in [-0.25, -0.2) is 4.79 Å². The first-order valence-electron chi connectivity index (χ1n) is 10.9. The monoisotopic (exact) mass is 482 g/mol. The predicted molar refractivity (Wildman–Crippen MR) is 121 cm³/mol. The molecular formula is C22H34N4O8. The smallest absolute Gasteiger partial charge is 0.326 e. The van der Waals surface area contributed by atoms with E-state index in [-0.39, 0.29) is 12.2 Å². The van der Waals surface area contributed by atoms with E-state index in [1.54, 1.807) is 13.8 Å². The van der Waals surface area contributed by atoms with Gasteiger partial charge in [0.1, 0.15) is 29.9 Å². The number of nitrogens with one attached hydrogen (secondary N) is 3. The van der Waals surface area contributed by atoms with Crippen LogP contribution in [0.15, 0.2) is 24.3 Å². The van der Waals surface area contributed by atoms with Crippen molar-refractivity contribution < 1.29 is 39.6 Å². The second-order valence-electron chi connectivity index (χ2n) is 8.16. The van der Waals surface area contributed by atoms with E-state index in [4.69, 9.17) is 10.8 Å². The number of amides is 3. The largest absolute Gasteiger partial charge is 0.508 e. The molecule has 0 radical (unpaired) electrons. The van der Waals surface area contributed by atoms with Gasteiger partial charge in [0.25, 0.3) is 0 Å². The molecule has 0 aromatic heterocycles. The van der Waals surface area contributed by atoms with Crippen molar-refractivity contribution in [2.24, 2.45) is 11.7 Å². The average molecular weight is 483 g/mol. The zero-order valence-corrected chi connectivity index (χ0v) is 19.4. The fraction of sp³-hybridized carbons (Fsp3) is 0.545. The van der Waals surface area contributed by atoms with E-state index in [0.717, 1.165) is 0 Å². The normalized spacial score (nSPS) is 16.3. The summed E-state index contributed by atoms with van der Waals surface area (Å²) < 4.78 is 0. The number of phenols is 1. The van der Waals surface area contributed by atoms with Crippen molar-refractivity contribution in [3.63, 3.8) is 0 Å². The van der Waals surface area contributed by atoms with Crippen molar-refractivity contribution in [1.82, 2.24) is 16.0 Å². The van der Waals surface area contributed by atoms with E-state index < -0.39 is 66.5 Å². The van der Waals surface area contributed by atoms with Crippen molar-refractivity contribution in [3.05, 3.63) is 29.8 Å². The molecule has 1 aromatic rings. The van der Waals surface area contributed by atoms with Crippen LogP contribution in [-0.4, -0.2) is 81.0 Å². The van der Waals surface area contributed by atoms with Gasteiger partial charge in [0.2, 0.25) is 17.7 Å². The van der Waals surface area contributed by atoms with Gasteiger partial charge in [-0.15, -0.1) is 0 Å². The third-order valence-corrected chi connectivity index (χ3v) is 5.38. The van der Waals surface area contributed by atoms with Gasteiger partial charge in [-0.1, -0.05) is 32.4 Å². The lowest BCUT2D eigenvalue weighted by atomic mass is 9.98. The van der Waals surface area contributed by atoms with Gasteiger partial charge in [-0.3, -0.25) is 14.4 Å². The van der Waals surface area contributed by atoms with E-state index in [1.165, 1.54) is 31.2 Å². The Morgan fingerprint density at radius 1 is 0.941 bits per heavy atom. The Morgan fingerprint density at radius 2 is 1.50 bits per heavy atom. The number of hydrogen-bond donors (Lipinski definition) is 8. The summed E-state index contributed by atoms with van der Waals surface area (Å²) in [7, 11) is 0. The zero-order valence-electron chi connectivity index (χ0n) is 19.4. The number of aliphatic hydroxyl groups is 2. The maximum atomic E-state index is 13.0. The third kappa shape index (κ3) is 8.61. The Balaban J connectivity index is 3.16. The summed E-state index contributed by atoms with van der Waals surface area (Å²) in [5.41, 5.74) is 5.99. The molecule has 0 saturated heterocycles. The van der Waals surface area contributed by atoms with Crippen LogP contribution in [0.2, 0.25) is 0 Å². The molecule has 0 aliphatic heterocycles. The number of benzene rings is 1. The number of carbonyl (C=O) groups is 4. The summed E-state index contributed by atoms with van der Waals surface area (Å²) in [6.07, 6.45) is -0.964. The summed E-state index contributed by atoms with van der Waals surface area (Å²) >= 11 is 0. The first-order valence-corrected chi connectivity index (χ1v) is 10.9. The van der Waals surface area contributed by atoms with Gasteiger partial charge in [0.15, 0.2) is 0 Å². The quantitative estimate of drug-likeness (QED) is 0.159. The number of hydrogen-bond acceptors (Lipinski definition) is 8. The number of nitrogens with two attached hydrogens (primary N) is 1. The van der Waals surface area contributed by atoms with Gasteiger partial charge >= 0.3 is 5.97 Å². The highest BCUT2D eigenvalue weighted by molar-refractivity contribution is 5.94. The third-order valence-electron chi connectivity index (χ3n) is 5.38. The molecule has 12 heteroatoms. The van der Waals surface area contributed by atoms with Crippen molar-refractivity contribution in [2.45, 2.75) is 63.9 Å². The first kappa shape index (κ1) is 28.8. The minimum Gasteiger partial charge on any atom is -0.508 e. The van der Waals surface area contributed by atoms with Crippen molar-refractivity contribution >= 4 is 23.7 Å². The van der Waals surface area contributed by atoms with Gasteiger partial charge < -0.3 is 42.1 Å². The van der Waals surface area contributed by atoms with E-state index in [1.807, 2.05) is 0 Å². The van der Waals surface area contributed by atoms with Gasteiger partial charge in [-0.05, 0) is 30.5 Å². The molecule has 0 heterocycles. The molecule has 0 spiro atoms. The lowest BCUT2D eigenvalue weighted by molar-refractivity contribution is -0.144. The molecule has 6 unspecified atom stereocenters. The van der Waals surface area contributed by atoms with Crippen LogP contribution in [0.5, 0.6) is 5.75 Å². The van der Waals surface area contributed by atoms with Crippen molar-refractivity contribution in [3.8, 4) is 5.75 Å². The number of aromatic hydroxyl groups is 1. The molecule has 3 amide bonds. The van der Waals surface area contributed by atoms with Crippen LogP contribution in [-0.2, 0) is 25.6 Å². The minimum atomic E-state index is -1.50. The average Bonchev–Trinajstić information content (AvgIpc) is 2.79. The molecule has 12 nitrogen and oxygen atoms in total. The Hall–Kier alpha value is -3.22. The Morgan fingerprint density at radius 3 is 1.97 bits per heavy atom. The predicted octanol–water partition coefficient (Wildman–Crippen LogP) is -1.78. The summed E-state index contributed by atoms with van der Waals surface area (Å²) in [5.74, 6) is -4.21. The minimum absolute atomic E-state index is 0.00592. The van der Waals surface area contributed by atoms with Gasteiger partial charge in [-0.2, -0.15) is 0 Å². The highest BCUT2D eigenvalue weighted by Crippen LogP contribution is 2.13. The number of carbonyl (C=O) groups excluding carboxylic acids is 3. The number of rotatable bonds is 13. The second kappa shape index (κ2) is 13.5. The van der Waals surface area contributed by atoms with Crippen molar-refractivity contribution in [2.75, 3.05) is 6.61 Å². The molecular weight excluding hydrogens is 448 g/mol. The topological polar surface area (TPSA) is 211 Å². The van der Waals surface area contributed by atoms with Crippen LogP contribution in [0.4, 0.5) is 0 Å². The first-order chi connectivity index (χ1) is 15.9. The van der Waals surface area contributed by atoms with E-state index in [0.29, 0.717) is 12.0 Å². The molecule has 0 aliphatic carbocycles. The fourth-order valence-electron chi connectivity index (χ4n) is 3.02. The Labute approximate surface area is 197 Å². The molecule has 9 N–H and O–H groups in total. The van der Waals surface area contributed by atoms with Crippen LogP contribution in [0, 0.1) is 5.92 Å². The molecule has 190 valence electrons. The Kier molecular flexibility index (Phi) is 11.4. The maximum absolute atomic E-state index is 13.0. The highest BCUT2D eigenvalue weighted by atomic mass is 16.4. The number of phenolic OH excluding ortho intramolecular Hbond substituents is 1. The molecule has 6 atom stereocenters. The molecule has 0 aliphatic rings. The van der Waals surface area contributed by atoms with Gasteiger partial charge in [0, 0.05) is 6.42 Å². The second-order valence-corrected chi connectivity index (χ2v) is 8.16. The lowest BCUT2D eigenvalue weighted by Crippen LogP contribution is -2.60. The van der Waals surface area contributed by atoms with E-state index in [2.05, 4.69) is 16.0 Å². The number of carboxylic acid groups (broad SMARTS) is 1. The number of carboxylic acids is 1. The summed E-state index contributed by atoms with van der Waals surface area (Å²) in [6, 6.07) is 0.542. The zero-order chi connectivity index (χ0) is 26.0. The molecule has 0 fully saturated rings. The molecule has 1 aromatic carbocycles. The highest BCUT2D eigenvalue weighted by Gasteiger charge is 2.33. The van der Waals surface area contributed by atoms with Gasteiger partial charge in [0.05, 0.1) is 12.7 Å². The lowest BCUT2D eigenvalue weighted by Gasteiger charge is -2.27. The summed E-state index contributed by atoms with van der Waals surface area (Å²) in [4.78, 5) is 49.5. The molecule has 34 heavy (non-hydrogen) atoms. The standard InChI is InChI=1S/C22H34N4O8/c1-4-11(2)17(22(33)34)25-20(31)16(9-13-5-7-14(29)8-6-13)24-21(32)18(12(3)28)26-19(30)15(23)10-27/h5-8,11-12,15-18,27-29H,4,9-10,23H2,1-3H3,(H,24,32)(H,25,31)(H,26,30)(H,33,34). The summed E-state index contributed by atoms with van der Waals surface area (Å²) in [5, 5.41) is 45.1.